The van der Waals surface area contributed by atoms with Gasteiger partial charge >= 0.3 is 0 Å². The van der Waals surface area contributed by atoms with Crippen LogP contribution < -0.4 is 15.5 Å². The highest BCUT2D eigenvalue weighted by atomic mass is 35.5. The first-order valence-corrected chi connectivity index (χ1v) is 11.2. The molecule has 3 aromatic rings. The van der Waals surface area contributed by atoms with Gasteiger partial charge in [-0.1, -0.05) is 29.8 Å². The molecule has 2 atom stereocenters. The number of halogens is 1. The van der Waals surface area contributed by atoms with Gasteiger partial charge in [-0.05, 0) is 46.7 Å². The number of amides is 2. The number of tetrazole rings is 1. The van der Waals surface area contributed by atoms with E-state index in [4.69, 9.17) is 16.3 Å². The Labute approximate surface area is 199 Å². The molecule has 11 nitrogen and oxygen atoms in total. The van der Waals surface area contributed by atoms with Crippen molar-refractivity contribution in [3.05, 3.63) is 64.9 Å². The molecular weight excluding hydrogens is 462 g/mol. The van der Waals surface area contributed by atoms with E-state index in [1.807, 2.05) is 0 Å². The Bertz CT molecular complexity index is 1220. The molecule has 1 saturated heterocycles. The minimum absolute atomic E-state index is 0.0905. The Hall–Kier alpha value is -3.54. The SMILES string of the molecule is O=C(NCc1cc(Cl)ccc1-n1cnnn1)C1CCNN1C(=O)C1(O)CCOc2ccccc21. The van der Waals surface area contributed by atoms with Crippen molar-refractivity contribution in [1.29, 1.82) is 0 Å². The topological polar surface area (TPSA) is 134 Å². The molecule has 2 aliphatic heterocycles. The zero-order valence-corrected chi connectivity index (χ0v) is 18.8. The lowest BCUT2D eigenvalue weighted by atomic mass is 9.86. The first-order valence-electron chi connectivity index (χ1n) is 10.8. The molecular formula is C22H22ClN7O4. The Balaban J connectivity index is 1.33. The molecule has 0 radical (unpaired) electrons. The summed E-state index contributed by atoms with van der Waals surface area (Å²) in [5.41, 5.74) is 2.93. The number of carbonyl (C=O) groups excluding carboxylic acids is 2. The van der Waals surface area contributed by atoms with E-state index in [0.29, 0.717) is 40.6 Å². The van der Waals surface area contributed by atoms with E-state index >= 15 is 0 Å². The zero-order valence-electron chi connectivity index (χ0n) is 18.0. The number of hydrogen-bond donors (Lipinski definition) is 3. The van der Waals surface area contributed by atoms with Crippen LogP contribution in [0.4, 0.5) is 0 Å². The Morgan fingerprint density at radius 3 is 2.97 bits per heavy atom. The van der Waals surface area contributed by atoms with Crippen LogP contribution >= 0.6 is 11.6 Å². The van der Waals surface area contributed by atoms with Crippen LogP contribution in [-0.4, -0.2) is 61.3 Å². The predicted molar refractivity (Wildman–Crippen MR) is 120 cm³/mol. The molecule has 2 aromatic carbocycles. The molecule has 0 bridgehead atoms. The summed E-state index contributed by atoms with van der Waals surface area (Å²) >= 11 is 6.15. The third-order valence-corrected chi connectivity index (χ3v) is 6.27. The second-order valence-corrected chi connectivity index (χ2v) is 8.52. The van der Waals surface area contributed by atoms with Crippen LogP contribution in [0.25, 0.3) is 5.69 Å². The van der Waals surface area contributed by atoms with Crippen molar-refractivity contribution >= 4 is 23.4 Å². The number of aliphatic hydroxyl groups is 1. The van der Waals surface area contributed by atoms with E-state index in [-0.39, 0.29) is 25.5 Å². The van der Waals surface area contributed by atoms with Crippen molar-refractivity contribution in [2.75, 3.05) is 13.2 Å². The number of ether oxygens (including phenoxy) is 1. The molecule has 176 valence electrons. The summed E-state index contributed by atoms with van der Waals surface area (Å²) in [5.74, 6) is -0.483. The highest BCUT2D eigenvalue weighted by Gasteiger charge is 2.48. The van der Waals surface area contributed by atoms with Crippen molar-refractivity contribution in [2.45, 2.75) is 31.0 Å². The number of fused-ring (bicyclic) bond motifs is 1. The third kappa shape index (κ3) is 3.98. The zero-order chi connectivity index (χ0) is 23.7. The number of carbonyl (C=O) groups is 2. The van der Waals surface area contributed by atoms with Crippen LogP contribution in [-0.2, 0) is 21.7 Å². The predicted octanol–water partition coefficient (Wildman–Crippen LogP) is 0.708. The number of aromatic nitrogens is 4. The van der Waals surface area contributed by atoms with Crippen LogP contribution in [0, 0.1) is 0 Å². The normalized spacial score (nSPS) is 21.6. The number of hydrazine groups is 1. The summed E-state index contributed by atoms with van der Waals surface area (Å²) in [5, 5.41) is 27.1. The van der Waals surface area contributed by atoms with Crippen molar-refractivity contribution in [2.24, 2.45) is 0 Å². The smallest absolute Gasteiger partial charge is 0.274 e. The van der Waals surface area contributed by atoms with Gasteiger partial charge in [0.15, 0.2) is 5.60 Å². The summed E-state index contributed by atoms with van der Waals surface area (Å²) in [6.45, 7) is 0.762. The van der Waals surface area contributed by atoms with E-state index < -0.39 is 17.6 Å². The Morgan fingerprint density at radius 1 is 1.29 bits per heavy atom. The van der Waals surface area contributed by atoms with Crippen LogP contribution in [0.1, 0.15) is 24.0 Å². The van der Waals surface area contributed by atoms with Crippen molar-refractivity contribution in [3.63, 3.8) is 0 Å². The maximum atomic E-state index is 13.5. The largest absolute Gasteiger partial charge is 0.493 e. The molecule has 3 heterocycles. The second kappa shape index (κ2) is 9.01. The van der Waals surface area contributed by atoms with Gasteiger partial charge < -0.3 is 15.2 Å². The van der Waals surface area contributed by atoms with Crippen LogP contribution in [0.15, 0.2) is 48.8 Å². The summed E-state index contributed by atoms with van der Waals surface area (Å²) in [6, 6.07) is 11.3. The van der Waals surface area contributed by atoms with Gasteiger partial charge in [0.05, 0.1) is 12.3 Å². The molecule has 5 rings (SSSR count). The van der Waals surface area contributed by atoms with Crippen molar-refractivity contribution in [1.82, 2.24) is 36.0 Å². The lowest BCUT2D eigenvalue weighted by Crippen LogP contribution is -2.57. The summed E-state index contributed by atoms with van der Waals surface area (Å²) in [6.07, 6.45) is 1.94. The molecule has 2 unspecified atom stereocenters. The molecule has 0 aliphatic carbocycles. The third-order valence-electron chi connectivity index (χ3n) is 6.03. The molecule has 2 aliphatic rings. The first kappa shape index (κ1) is 22.3. The summed E-state index contributed by atoms with van der Waals surface area (Å²) in [4.78, 5) is 26.6. The highest BCUT2D eigenvalue weighted by Crippen LogP contribution is 2.38. The maximum Gasteiger partial charge on any atom is 0.274 e. The summed E-state index contributed by atoms with van der Waals surface area (Å²) < 4.78 is 7.06. The van der Waals surface area contributed by atoms with Gasteiger partial charge in [-0.2, -0.15) is 0 Å². The number of hydrogen-bond acceptors (Lipinski definition) is 8. The quantitative estimate of drug-likeness (QED) is 0.483. The first-order chi connectivity index (χ1) is 16.5. The van der Waals surface area contributed by atoms with E-state index in [1.54, 1.807) is 42.5 Å². The average molecular weight is 484 g/mol. The van der Waals surface area contributed by atoms with Gasteiger partial charge in [-0.3, -0.25) is 14.6 Å². The molecule has 12 heteroatoms. The maximum absolute atomic E-state index is 13.5. The monoisotopic (exact) mass is 483 g/mol. The fourth-order valence-corrected chi connectivity index (χ4v) is 4.51. The lowest BCUT2D eigenvalue weighted by molar-refractivity contribution is -0.162. The van der Waals surface area contributed by atoms with E-state index in [2.05, 4.69) is 26.3 Å². The van der Waals surface area contributed by atoms with Crippen molar-refractivity contribution < 1.29 is 19.4 Å². The number of nitrogens with zero attached hydrogens (tertiary/aromatic N) is 5. The van der Waals surface area contributed by atoms with Crippen LogP contribution in [0.2, 0.25) is 5.02 Å². The molecule has 0 saturated carbocycles. The van der Waals surface area contributed by atoms with Gasteiger partial charge in [0.1, 0.15) is 18.1 Å². The van der Waals surface area contributed by atoms with E-state index in [1.165, 1.54) is 16.0 Å². The van der Waals surface area contributed by atoms with Crippen molar-refractivity contribution in [3.8, 4) is 11.4 Å². The van der Waals surface area contributed by atoms with Gasteiger partial charge in [-0.15, -0.1) is 5.10 Å². The van der Waals surface area contributed by atoms with Crippen LogP contribution in [0.5, 0.6) is 5.75 Å². The number of rotatable bonds is 5. The molecule has 2 amide bonds. The second-order valence-electron chi connectivity index (χ2n) is 8.09. The molecule has 1 aromatic heterocycles. The van der Waals surface area contributed by atoms with Gasteiger partial charge in [0.2, 0.25) is 5.91 Å². The van der Waals surface area contributed by atoms with Gasteiger partial charge in [0.25, 0.3) is 5.91 Å². The fourth-order valence-electron chi connectivity index (χ4n) is 4.31. The van der Waals surface area contributed by atoms with E-state index in [0.717, 1.165) is 0 Å². The molecule has 0 spiro atoms. The Morgan fingerprint density at radius 2 is 2.15 bits per heavy atom. The minimum Gasteiger partial charge on any atom is -0.493 e. The Kier molecular flexibility index (Phi) is 5.90. The van der Waals surface area contributed by atoms with Gasteiger partial charge in [-0.25, -0.2) is 10.1 Å². The fraction of sp³-hybridized carbons (Fsp3) is 0.318. The van der Waals surface area contributed by atoms with E-state index in [9.17, 15) is 14.7 Å². The highest BCUT2D eigenvalue weighted by molar-refractivity contribution is 6.30. The average Bonchev–Trinajstić information content (AvgIpc) is 3.55. The lowest BCUT2D eigenvalue weighted by Gasteiger charge is -2.37. The standard InChI is InChI=1S/C22H22ClN7O4/c23-15-5-6-17(29-13-25-27-28-29)14(11-15)12-24-20(31)18-7-9-26-30(18)21(32)22(33)8-10-34-19-4-2-1-3-16(19)22/h1-6,11,13,18,26,33H,7-10,12H2,(H,24,31). The number of nitrogens with one attached hydrogen (secondary N) is 2. The number of benzene rings is 2. The molecule has 1 fully saturated rings. The summed E-state index contributed by atoms with van der Waals surface area (Å²) in [7, 11) is 0. The van der Waals surface area contributed by atoms with Gasteiger partial charge in [0, 0.05) is 30.1 Å². The minimum atomic E-state index is -1.79. The molecule has 3 N–H and O–H groups in total. The number of para-hydroxylation sites is 1. The van der Waals surface area contributed by atoms with Crippen LogP contribution in [0.3, 0.4) is 0 Å². The molecule has 34 heavy (non-hydrogen) atoms.